The van der Waals surface area contributed by atoms with Gasteiger partial charge in [-0.25, -0.2) is 0 Å². The summed E-state index contributed by atoms with van der Waals surface area (Å²) in [6, 6.07) is 10.4. The van der Waals surface area contributed by atoms with Gasteiger partial charge in [-0.2, -0.15) is 0 Å². The molecule has 0 bridgehead atoms. The number of rotatable bonds is 4. The molecular formula is C24H31N5O2. The van der Waals surface area contributed by atoms with E-state index in [1.807, 2.05) is 17.2 Å². The molecule has 1 aromatic carbocycles. The van der Waals surface area contributed by atoms with Gasteiger partial charge in [-0.3, -0.25) is 19.6 Å². The van der Waals surface area contributed by atoms with E-state index < -0.39 is 0 Å². The van der Waals surface area contributed by atoms with Gasteiger partial charge >= 0.3 is 0 Å². The standard InChI is InChI=1S/C24H31N5O2/c1-19(30)27-11-7-21(8-12-27)24(31)29-14-13-28(23-5-3-2-4-6-23)17-20(18-29)15-22-16-25-9-10-26-22/h2-6,9-10,16,20-21H,7-8,11-15,17-18H2,1H3/t20-/m0/s1. The number of hydrogen-bond acceptors (Lipinski definition) is 5. The van der Waals surface area contributed by atoms with Crippen LogP contribution < -0.4 is 4.90 Å². The van der Waals surface area contributed by atoms with E-state index in [9.17, 15) is 9.59 Å². The van der Waals surface area contributed by atoms with Gasteiger partial charge in [-0.15, -0.1) is 0 Å². The molecule has 0 spiro atoms. The first kappa shape index (κ1) is 21.3. The number of hydrogen-bond donors (Lipinski definition) is 0. The number of carbonyl (C=O) groups excluding carboxylic acids is 2. The Labute approximate surface area is 184 Å². The molecule has 2 aliphatic heterocycles. The van der Waals surface area contributed by atoms with Crippen molar-refractivity contribution in [3.05, 3.63) is 54.6 Å². The van der Waals surface area contributed by atoms with E-state index in [0.29, 0.717) is 13.1 Å². The van der Waals surface area contributed by atoms with Gasteiger partial charge in [0.25, 0.3) is 0 Å². The quantitative estimate of drug-likeness (QED) is 0.757. The van der Waals surface area contributed by atoms with Crippen molar-refractivity contribution in [2.45, 2.75) is 26.2 Å². The molecule has 0 aliphatic carbocycles. The number of para-hydroxylation sites is 1. The number of anilines is 1. The molecule has 1 aromatic heterocycles. The first-order valence-corrected chi connectivity index (χ1v) is 11.2. The van der Waals surface area contributed by atoms with E-state index >= 15 is 0 Å². The minimum atomic E-state index is 0.0102. The minimum absolute atomic E-state index is 0.0102. The molecule has 2 aromatic rings. The molecular weight excluding hydrogens is 390 g/mol. The summed E-state index contributed by atoms with van der Waals surface area (Å²) in [5.41, 5.74) is 2.15. The number of carbonyl (C=O) groups is 2. The summed E-state index contributed by atoms with van der Waals surface area (Å²) in [6.07, 6.45) is 7.55. The fourth-order valence-electron chi connectivity index (χ4n) is 4.74. The second-order valence-corrected chi connectivity index (χ2v) is 8.61. The van der Waals surface area contributed by atoms with Crippen LogP contribution in [0.5, 0.6) is 0 Å². The lowest BCUT2D eigenvalue weighted by molar-refractivity contribution is -0.140. The average Bonchev–Trinajstić information content (AvgIpc) is 3.02. The Kier molecular flexibility index (Phi) is 6.79. The van der Waals surface area contributed by atoms with Crippen molar-refractivity contribution in [2.24, 2.45) is 11.8 Å². The number of likely N-dealkylation sites (tertiary alicyclic amines) is 1. The molecule has 4 rings (SSSR count). The van der Waals surface area contributed by atoms with Crippen molar-refractivity contribution in [1.29, 1.82) is 0 Å². The molecule has 0 unspecified atom stereocenters. The zero-order valence-corrected chi connectivity index (χ0v) is 18.2. The van der Waals surface area contributed by atoms with Crippen molar-refractivity contribution < 1.29 is 9.59 Å². The Hall–Kier alpha value is -2.96. The Morgan fingerprint density at radius 1 is 0.968 bits per heavy atom. The van der Waals surface area contributed by atoms with Crippen LogP contribution in [0, 0.1) is 11.8 Å². The monoisotopic (exact) mass is 421 g/mol. The van der Waals surface area contributed by atoms with Crippen molar-refractivity contribution in [1.82, 2.24) is 19.8 Å². The molecule has 164 valence electrons. The van der Waals surface area contributed by atoms with Gasteiger partial charge in [0.1, 0.15) is 0 Å². The Morgan fingerprint density at radius 3 is 2.42 bits per heavy atom. The molecule has 3 heterocycles. The minimum Gasteiger partial charge on any atom is -0.369 e. The largest absolute Gasteiger partial charge is 0.369 e. The second kappa shape index (κ2) is 9.90. The number of benzene rings is 1. The zero-order chi connectivity index (χ0) is 21.6. The van der Waals surface area contributed by atoms with Crippen LogP contribution >= 0.6 is 0 Å². The van der Waals surface area contributed by atoms with E-state index in [2.05, 4.69) is 44.0 Å². The maximum atomic E-state index is 13.4. The van der Waals surface area contributed by atoms with Crippen molar-refractivity contribution >= 4 is 17.5 Å². The van der Waals surface area contributed by atoms with Crippen LogP contribution in [-0.4, -0.2) is 70.9 Å². The van der Waals surface area contributed by atoms with E-state index in [4.69, 9.17) is 0 Å². The number of amides is 2. The molecule has 2 amide bonds. The summed E-state index contributed by atoms with van der Waals surface area (Å²) >= 11 is 0. The predicted octanol–water partition coefficient (Wildman–Crippen LogP) is 2.24. The molecule has 0 N–H and O–H groups in total. The highest BCUT2D eigenvalue weighted by atomic mass is 16.2. The summed E-state index contributed by atoms with van der Waals surface area (Å²) in [4.78, 5) is 40.0. The van der Waals surface area contributed by atoms with Crippen LogP contribution in [0.25, 0.3) is 0 Å². The maximum Gasteiger partial charge on any atom is 0.225 e. The van der Waals surface area contributed by atoms with E-state index in [1.165, 1.54) is 5.69 Å². The number of nitrogens with zero attached hydrogens (tertiary/aromatic N) is 5. The van der Waals surface area contributed by atoms with Gasteiger partial charge in [0.05, 0.1) is 5.69 Å². The van der Waals surface area contributed by atoms with Gasteiger partial charge in [0.15, 0.2) is 0 Å². The third-order valence-corrected chi connectivity index (χ3v) is 6.43. The summed E-state index contributed by atoms with van der Waals surface area (Å²) in [5, 5.41) is 0. The lowest BCUT2D eigenvalue weighted by Gasteiger charge is -2.34. The van der Waals surface area contributed by atoms with Crippen LogP contribution in [0.3, 0.4) is 0 Å². The molecule has 2 fully saturated rings. The van der Waals surface area contributed by atoms with Crippen molar-refractivity contribution in [3.63, 3.8) is 0 Å². The fraction of sp³-hybridized carbons (Fsp3) is 0.500. The Balaban J connectivity index is 1.47. The fourth-order valence-corrected chi connectivity index (χ4v) is 4.74. The molecule has 7 nitrogen and oxygen atoms in total. The summed E-state index contributed by atoms with van der Waals surface area (Å²) in [6.45, 7) is 6.11. The highest BCUT2D eigenvalue weighted by Gasteiger charge is 2.32. The van der Waals surface area contributed by atoms with Crippen molar-refractivity contribution in [3.8, 4) is 0 Å². The second-order valence-electron chi connectivity index (χ2n) is 8.61. The summed E-state index contributed by atoms with van der Waals surface area (Å²) < 4.78 is 0. The van der Waals surface area contributed by atoms with Crippen LogP contribution in [0.1, 0.15) is 25.5 Å². The third kappa shape index (κ3) is 5.40. The smallest absolute Gasteiger partial charge is 0.225 e. The maximum absolute atomic E-state index is 13.4. The number of piperidine rings is 1. The molecule has 7 heteroatoms. The summed E-state index contributed by atoms with van der Waals surface area (Å²) in [5.74, 6) is 0.627. The van der Waals surface area contributed by atoms with E-state index in [0.717, 1.165) is 51.1 Å². The number of aromatic nitrogens is 2. The van der Waals surface area contributed by atoms with E-state index in [1.54, 1.807) is 19.3 Å². The van der Waals surface area contributed by atoms with Gasteiger partial charge in [-0.05, 0) is 37.3 Å². The first-order valence-electron chi connectivity index (χ1n) is 11.2. The summed E-state index contributed by atoms with van der Waals surface area (Å²) in [7, 11) is 0. The van der Waals surface area contributed by atoms with E-state index in [-0.39, 0.29) is 23.7 Å². The van der Waals surface area contributed by atoms with Gasteiger partial charge < -0.3 is 14.7 Å². The van der Waals surface area contributed by atoms with Crippen LogP contribution in [0.2, 0.25) is 0 Å². The lowest BCUT2D eigenvalue weighted by atomic mass is 9.94. The van der Waals surface area contributed by atoms with Crippen LogP contribution in [0.15, 0.2) is 48.9 Å². The molecule has 2 aliphatic rings. The van der Waals surface area contributed by atoms with Gasteiger partial charge in [0.2, 0.25) is 11.8 Å². The van der Waals surface area contributed by atoms with Crippen LogP contribution in [0.4, 0.5) is 5.69 Å². The molecule has 0 radical (unpaired) electrons. The SMILES string of the molecule is CC(=O)N1CCC(C(=O)N2CCN(c3ccccc3)C[C@H](Cc3cnccn3)C2)CC1. The normalized spacial score (nSPS) is 20.4. The predicted molar refractivity (Wildman–Crippen MR) is 119 cm³/mol. The first-order chi connectivity index (χ1) is 15.1. The van der Waals surface area contributed by atoms with Gasteiger partial charge in [-0.1, -0.05) is 18.2 Å². The van der Waals surface area contributed by atoms with Gasteiger partial charge in [0, 0.05) is 76.4 Å². The van der Waals surface area contributed by atoms with Crippen molar-refractivity contribution in [2.75, 3.05) is 44.2 Å². The Bertz CT molecular complexity index is 868. The Morgan fingerprint density at radius 2 is 1.74 bits per heavy atom. The topological polar surface area (TPSA) is 69.6 Å². The molecule has 1 atom stereocenters. The molecule has 2 saturated heterocycles. The third-order valence-electron chi connectivity index (χ3n) is 6.43. The van der Waals surface area contributed by atoms with Crippen LogP contribution in [-0.2, 0) is 16.0 Å². The zero-order valence-electron chi connectivity index (χ0n) is 18.2. The highest BCUT2D eigenvalue weighted by Crippen LogP contribution is 2.24. The lowest BCUT2D eigenvalue weighted by Crippen LogP contribution is -2.45. The average molecular weight is 422 g/mol. The molecule has 31 heavy (non-hydrogen) atoms. The molecule has 0 saturated carbocycles. The highest BCUT2D eigenvalue weighted by molar-refractivity contribution is 5.80.